The van der Waals surface area contributed by atoms with Gasteiger partial charge in [-0.1, -0.05) is 23.7 Å². The van der Waals surface area contributed by atoms with Crippen molar-refractivity contribution in [2.45, 2.75) is 16.8 Å². The maximum atomic E-state index is 12.9. The van der Waals surface area contributed by atoms with Crippen molar-refractivity contribution in [3.8, 4) is 0 Å². The highest BCUT2D eigenvalue weighted by atomic mass is 35.5. The number of ether oxygens (including phenoxy) is 1. The lowest BCUT2D eigenvalue weighted by molar-refractivity contribution is 0.0600. The SMILES string of the molecule is COC(=O)c1ccc(CN(C(CO)CO)S(=O)(=O)c2ccc(Cl)s2)cc1. The molecule has 2 aromatic rings. The fourth-order valence-corrected chi connectivity index (χ4v) is 5.45. The summed E-state index contributed by atoms with van der Waals surface area (Å²) in [5.41, 5.74) is 0.910. The van der Waals surface area contributed by atoms with Crippen LogP contribution < -0.4 is 0 Å². The Morgan fingerprint density at radius 2 is 1.81 bits per heavy atom. The molecule has 1 heterocycles. The zero-order valence-corrected chi connectivity index (χ0v) is 16.2. The fourth-order valence-electron chi connectivity index (χ4n) is 2.25. The second kappa shape index (κ2) is 8.94. The quantitative estimate of drug-likeness (QED) is 0.631. The number of rotatable bonds is 8. The molecule has 0 amide bonds. The Morgan fingerprint density at radius 1 is 1.19 bits per heavy atom. The van der Waals surface area contributed by atoms with Crippen molar-refractivity contribution < 1.29 is 28.2 Å². The summed E-state index contributed by atoms with van der Waals surface area (Å²) in [5.74, 6) is -0.502. The first-order valence-corrected chi connectivity index (χ1v) is 10.1. The molecular weight excluding hydrogens is 402 g/mol. The van der Waals surface area contributed by atoms with E-state index < -0.39 is 35.2 Å². The minimum atomic E-state index is -3.98. The van der Waals surface area contributed by atoms with E-state index in [1.165, 1.54) is 31.4 Å². The van der Waals surface area contributed by atoms with Gasteiger partial charge in [-0.25, -0.2) is 13.2 Å². The number of aliphatic hydroxyl groups is 2. The second-order valence-corrected chi connectivity index (χ2v) is 9.15. The number of methoxy groups -OCH3 is 1. The van der Waals surface area contributed by atoms with Crippen LogP contribution >= 0.6 is 22.9 Å². The second-order valence-electron chi connectivity index (χ2n) is 5.32. The van der Waals surface area contributed by atoms with Gasteiger partial charge in [0, 0.05) is 6.54 Å². The summed E-state index contributed by atoms with van der Waals surface area (Å²) in [7, 11) is -2.71. The molecule has 0 radical (unpaired) electrons. The molecule has 1 aromatic carbocycles. The number of carbonyl (C=O) groups excluding carboxylic acids is 1. The molecule has 26 heavy (non-hydrogen) atoms. The van der Waals surface area contributed by atoms with E-state index in [4.69, 9.17) is 11.6 Å². The van der Waals surface area contributed by atoms with Crippen LogP contribution in [0, 0.1) is 0 Å². The number of thiophene rings is 1. The van der Waals surface area contributed by atoms with Gasteiger partial charge < -0.3 is 14.9 Å². The summed E-state index contributed by atoms with van der Waals surface area (Å²) in [6, 6.07) is 8.03. The molecule has 0 aliphatic heterocycles. The van der Waals surface area contributed by atoms with Crippen LogP contribution in [0.5, 0.6) is 0 Å². The largest absolute Gasteiger partial charge is 0.465 e. The monoisotopic (exact) mass is 419 g/mol. The molecular formula is C16H18ClNO6S2. The number of carbonyl (C=O) groups is 1. The normalized spacial score (nSPS) is 11.9. The van der Waals surface area contributed by atoms with Crippen molar-refractivity contribution in [1.29, 1.82) is 0 Å². The van der Waals surface area contributed by atoms with Crippen LogP contribution in [0.4, 0.5) is 0 Å². The third-order valence-electron chi connectivity index (χ3n) is 3.65. The molecule has 0 spiro atoms. The summed E-state index contributed by atoms with van der Waals surface area (Å²) in [6.45, 7) is -1.19. The van der Waals surface area contributed by atoms with E-state index in [-0.39, 0.29) is 10.8 Å². The number of esters is 1. The number of hydrogen-bond donors (Lipinski definition) is 2. The highest BCUT2D eigenvalue weighted by Crippen LogP contribution is 2.30. The van der Waals surface area contributed by atoms with Gasteiger partial charge in [-0.05, 0) is 29.8 Å². The molecule has 1 aromatic heterocycles. The average molecular weight is 420 g/mol. The van der Waals surface area contributed by atoms with Crippen molar-refractivity contribution >= 4 is 38.9 Å². The Bertz CT molecular complexity index is 846. The molecule has 0 aliphatic rings. The van der Waals surface area contributed by atoms with Gasteiger partial charge in [-0.2, -0.15) is 4.31 Å². The van der Waals surface area contributed by atoms with Crippen molar-refractivity contribution in [2.24, 2.45) is 0 Å². The highest BCUT2D eigenvalue weighted by Gasteiger charge is 2.32. The molecule has 2 rings (SSSR count). The zero-order valence-electron chi connectivity index (χ0n) is 13.8. The maximum Gasteiger partial charge on any atom is 0.337 e. The Morgan fingerprint density at radius 3 is 2.27 bits per heavy atom. The van der Waals surface area contributed by atoms with Crippen LogP contribution in [0.1, 0.15) is 15.9 Å². The van der Waals surface area contributed by atoms with E-state index in [0.717, 1.165) is 15.6 Å². The number of halogens is 1. The standard InChI is InChI=1S/C16H18ClNO6S2/c1-24-16(21)12-4-2-11(3-5-12)8-18(13(9-19)10-20)26(22,23)15-7-6-14(17)25-15/h2-7,13,19-20H,8-10H2,1H3. The molecule has 0 unspecified atom stereocenters. The van der Waals surface area contributed by atoms with Crippen LogP contribution in [0.15, 0.2) is 40.6 Å². The average Bonchev–Trinajstić information content (AvgIpc) is 3.09. The Labute approximate surface area is 160 Å². The Kier molecular flexibility index (Phi) is 7.16. The number of nitrogens with zero attached hydrogens (tertiary/aromatic N) is 1. The van der Waals surface area contributed by atoms with Gasteiger partial charge >= 0.3 is 5.97 Å². The molecule has 0 fully saturated rings. The molecule has 7 nitrogen and oxygen atoms in total. The van der Waals surface area contributed by atoms with Gasteiger partial charge in [0.25, 0.3) is 10.0 Å². The predicted molar refractivity (Wildman–Crippen MR) is 97.8 cm³/mol. The van der Waals surface area contributed by atoms with Gasteiger partial charge in [-0.3, -0.25) is 0 Å². The van der Waals surface area contributed by atoms with E-state index in [9.17, 15) is 23.4 Å². The first-order chi connectivity index (χ1) is 12.3. The summed E-state index contributed by atoms with van der Waals surface area (Å²) in [6.07, 6.45) is 0. The lowest BCUT2D eigenvalue weighted by Gasteiger charge is -2.28. The first-order valence-electron chi connectivity index (χ1n) is 7.49. The summed E-state index contributed by atoms with van der Waals surface area (Å²) in [4.78, 5) is 11.5. The van der Waals surface area contributed by atoms with E-state index >= 15 is 0 Å². The van der Waals surface area contributed by atoms with E-state index in [0.29, 0.717) is 15.5 Å². The lowest BCUT2D eigenvalue weighted by atomic mass is 10.1. The number of aliphatic hydroxyl groups excluding tert-OH is 2. The molecule has 0 bridgehead atoms. The highest BCUT2D eigenvalue weighted by molar-refractivity contribution is 7.91. The Balaban J connectivity index is 2.35. The van der Waals surface area contributed by atoms with Gasteiger partial charge in [0.15, 0.2) is 0 Å². The van der Waals surface area contributed by atoms with Crippen molar-refractivity contribution in [3.63, 3.8) is 0 Å². The molecule has 10 heteroatoms. The van der Waals surface area contributed by atoms with E-state index in [1.54, 1.807) is 12.1 Å². The van der Waals surface area contributed by atoms with Gasteiger partial charge in [0.2, 0.25) is 0 Å². The predicted octanol–water partition coefficient (Wildman–Crippen LogP) is 1.73. The van der Waals surface area contributed by atoms with E-state index in [2.05, 4.69) is 4.74 Å². The van der Waals surface area contributed by atoms with Gasteiger partial charge in [-0.15, -0.1) is 11.3 Å². The minimum absolute atomic E-state index is 0.0144. The van der Waals surface area contributed by atoms with Gasteiger partial charge in [0.1, 0.15) is 4.21 Å². The molecule has 0 aliphatic carbocycles. The number of sulfonamides is 1. The van der Waals surface area contributed by atoms with Crippen LogP contribution in [-0.4, -0.2) is 55.3 Å². The smallest absolute Gasteiger partial charge is 0.337 e. The summed E-state index contributed by atoms with van der Waals surface area (Å²) in [5, 5.41) is 19.0. The zero-order chi connectivity index (χ0) is 19.3. The van der Waals surface area contributed by atoms with E-state index in [1.807, 2.05) is 0 Å². The fraction of sp³-hybridized carbons (Fsp3) is 0.312. The summed E-state index contributed by atoms with van der Waals surface area (Å²) < 4.78 is 31.8. The lowest BCUT2D eigenvalue weighted by Crippen LogP contribution is -2.43. The molecule has 0 saturated heterocycles. The minimum Gasteiger partial charge on any atom is -0.465 e. The molecule has 2 N–H and O–H groups in total. The molecule has 0 atom stereocenters. The van der Waals surface area contributed by atoms with Crippen molar-refractivity contribution in [3.05, 3.63) is 51.9 Å². The first kappa shape index (κ1) is 20.8. The van der Waals surface area contributed by atoms with Gasteiger partial charge in [0.05, 0.1) is 36.3 Å². The third kappa shape index (κ3) is 4.61. The van der Waals surface area contributed by atoms with Crippen molar-refractivity contribution in [2.75, 3.05) is 20.3 Å². The van der Waals surface area contributed by atoms with Crippen molar-refractivity contribution in [1.82, 2.24) is 4.31 Å². The van der Waals surface area contributed by atoms with Crippen LogP contribution in [-0.2, 0) is 21.3 Å². The number of hydrogen-bond acceptors (Lipinski definition) is 7. The summed E-state index contributed by atoms with van der Waals surface area (Å²) >= 11 is 6.73. The van der Waals surface area contributed by atoms with Crippen LogP contribution in [0.2, 0.25) is 4.34 Å². The third-order valence-corrected chi connectivity index (χ3v) is 7.25. The molecule has 142 valence electrons. The van der Waals surface area contributed by atoms with Crippen LogP contribution in [0.3, 0.4) is 0 Å². The Hall–Kier alpha value is -1.49. The number of benzene rings is 1. The molecule has 0 saturated carbocycles. The van der Waals surface area contributed by atoms with Crippen LogP contribution in [0.25, 0.3) is 0 Å². The maximum absolute atomic E-state index is 12.9. The topological polar surface area (TPSA) is 104 Å².